The zero-order valence-electron chi connectivity index (χ0n) is 13.0. The Morgan fingerprint density at radius 3 is 2.29 bits per heavy atom. The van der Waals surface area contributed by atoms with Gasteiger partial charge in [-0.05, 0) is 26.0 Å². The molecule has 1 amide bonds. The molecular formula is C15H14N6O3. The third kappa shape index (κ3) is 2.59. The van der Waals surface area contributed by atoms with Crippen LogP contribution in [0.25, 0.3) is 5.69 Å². The van der Waals surface area contributed by atoms with Crippen molar-refractivity contribution < 1.29 is 4.79 Å². The van der Waals surface area contributed by atoms with Crippen LogP contribution in [0.4, 0.5) is 0 Å². The smallest absolute Gasteiger partial charge is 0.350 e. The monoisotopic (exact) mass is 326 g/mol. The predicted molar refractivity (Wildman–Crippen MR) is 83.1 cm³/mol. The number of nitriles is 2. The third-order valence-electron chi connectivity index (χ3n) is 3.21. The number of hydrogen-bond acceptors (Lipinski definition) is 5. The van der Waals surface area contributed by atoms with Gasteiger partial charge in [-0.1, -0.05) is 18.2 Å². The Hall–Kier alpha value is -3.59. The minimum Gasteiger partial charge on any atom is -0.350 e. The second-order valence-corrected chi connectivity index (χ2v) is 5.27. The molecule has 24 heavy (non-hydrogen) atoms. The maximum absolute atomic E-state index is 12.6. The predicted octanol–water partition coefficient (Wildman–Crippen LogP) is -0.406. The summed E-state index contributed by atoms with van der Waals surface area (Å²) in [4.78, 5) is 37.0. The molecule has 2 aromatic rings. The molecule has 0 unspecified atom stereocenters. The first kappa shape index (κ1) is 16.8. The normalized spacial score (nSPS) is 10.9. The third-order valence-corrected chi connectivity index (χ3v) is 3.21. The number of aromatic amines is 1. The Kier molecular flexibility index (Phi) is 4.38. The van der Waals surface area contributed by atoms with Crippen LogP contribution >= 0.6 is 0 Å². The van der Waals surface area contributed by atoms with Crippen LogP contribution < -0.4 is 16.7 Å². The molecule has 0 saturated heterocycles. The van der Waals surface area contributed by atoms with E-state index in [-0.39, 0.29) is 11.7 Å². The second kappa shape index (κ2) is 6.26. The van der Waals surface area contributed by atoms with Crippen molar-refractivity contribution in [2.75, 3.05) is 0 Å². The number of nitrogens with zero attached hydrogens (tertiary/aromatic N) is 4. The van der Waals surface area contributed by atoms with E-state index in [1.54, 1.807) is 32.0 Å². The number of hydrogen-bond donors (Lipinski definition) is 2. The number of benzene rings is 1. The number of aromatic nitrogens is 3. The van der Waals surface area contributed by atoms with Crippen LogP contribution in [-0.4, -0.2) is 26.3 Å². The number of para-hydroxylation sites is 1. The molecule has 0 fully saturated rings. The Bertz CT molecular complexity index is 938. The summed E-state index contributed by atoms with van der Waals surface area (Å²) in [5.74, 6) is -0.994. The Balaban J connectivity index is 2.70. The van der Waals surface area contributed by atoms with Crippen LogP contribution in [-0.2, 0) is 10.3 Å². The molecular weight excluding hydrogens is 312 g/mol. The zero-order valence-corrected chi connectivity index (χ0v) is 13.0. The lowest BCUT2D eigenvalue weighted by Crippen LogP contribution is -2.53. The average molecular weight is 326 g/mol. The number of rotatable bonds is 4. The molecule has 0 aliphatic heterocycles. The number of nitrogens with one attached hydrogen (secondary N) is 2. The Morgan fingerprint density at radius 2 is 1.79 bits per heavy atom. The molecule has 1 aromatic heterocycles. The molecule has 1 heterocycles. The van der Waals surface area contributed by atoms with Crippen LogP contribution in [0, 0.1) is 22.7 Å². The number of H-pyrrole nitrogens is 1. The van der Waals surface area contributed by atoms with Crippen molar-refractivity contribution in [2.24, 2.45) is 0 Å². The van der Waals surface area contributed by atoms with Gasteiger partial charge < -0.3 is 5.32 Å². The molecule has 0 aliphatic carbocycles. The highest BCUT2D eigenvalue weighted by atomic mass is 16.2. The van der Waals surface area contributed by atoms with E-state index < -0.39 is 22.8 Å². The van der Waals surface area contributed by atoms with Crippen molar-refractivity contribution >= 4 is 5.91 Å². The number of carbonyl (C=O) groups excluding carboxylic acids is 1. The van der Waals surface area contributed by atoms with Crippen molar-refractivity contribution in [1.29, 1.82) is 10.5 Å². The number of carbonyl (C=O) groups is 1. The van der Waals surface area contributed by atoms with Crippen LogP contribution in [0.5, 0.6) is 0 Å². The van der Waals surface area contributed by atoms with Gasteiger partial charge in [0.15, 0.2) is 0 Å². The minimum absolute atomic E-state index is 0.247. The van der Waals surface area contributed by atoms with E-state index in [0.717, 1.165) is 4.57 Å². The second-order valence-electron chi connectivity index (χ2n) is 5.27. The van der Waals surface area contributed by atoms with Crippen molar-refractivity contribution in [3.8, 4) is 17.8 Å². The van der Waals surface area contributed by atoms with Crippen LogP contribution in [0.3, 0.4) is 0 Å². The van der Waals surface area contributed by atoms with E-state index >= 15 is 0 Å². The molecule has 2 N–H and O–H groups in total. The van der Waals surface area contributed by atoms with Gasteiger partial charge >= 0.3 is 16.9 Å². The van der Waals surface area contributed by atoms with Crippen LogP contribution in [0.1, 0.15) is 13.8 Å². The van der Waals surface area contributed by atoms with Gasteiger partial charge in [0, 0.05) is 6.04 Å². The average Bonchev–Trinajstić information content (AvgIpc) is 2.85. The molecule has 0 spiro atoms. The summed E-state index contributed by atoms with van der Waals surface area (Å²) in [6.07, 6.45) is 0. The SMILES string of the molecule is CC(C)NC(=O)C(C#N)(C#N)n1[nH]c(=O)n(-c2ccccc2)c1=O. The maximum atomic E-state index is 12.6. The quantitative estimate of drug-likeness (QED) is 0.787. The van der Waals surface area contributed by atoms with Crippen molar-refractivity contribution in [3.05, 3.63) is 51.3 Å². The van der Waals surface area contributed by atoms with Crippen molar-refractivity contribution in [2.45, 2.75) is 25.4 Å². The lowest BCUT2D eigenvalue weighted by Gasteiger charge is -2.19. The fourth-order valence-electron chi connectivity index (χ4n) is 2.11. The molecule has 9 nitrogen and oxygen atoms in total. The van der Waals surface area contributed by atoms with E-state index in [4.69, 9.17) is 0 Å². The topological polar surface area (TPSA) is 136 Å². The maximum Gasteiger partial charge on any atom is 0.354 e. The van der Waals surface area contributed by atoms with Gasteiger partial charge in [-0.15, -0.1) is 0 Å². The molecule has 0 atom stereocenters. The number of amides is 1. The largest absolute Gasteiger partial charge is 0.354 e. The lowest BCUT2D eigenvalue weighted by atomic mass is 10.0. The van der Waals surface area contributed by atoms with Crippen molar-refractivity contribution in [3.63, 3.8) is 0 Å². The highest BCUT2D eigenvalue weighted by Gasteiger charge is 2.45. The van der Waals surface area contributed by atoms with Gasteiger partial charge in [-0.3, -0.25) is 4.79 Å². The highest BCUT2D eigenvalue weighted by Crippen LogP contribution is 2.12. The Labute approximate surface area is 136 Å². The summed E-state index contributed by atoms with van der Waals surface area (Å²) in [6.45, 7) is 3.27. The first-order valence-electron chi connectivity index (χ1n) is 7.01. The standard InChI is InChI=1S/C15H14N6O3/c1-10(2)18-12(22)15(8-16,9-17)21-14(24)20(13(23)19-21)11-6-4-3-5-7-11/h3-7,10H,1-2H3,(H,18,22)(H,19,23). The molecule has 0 bridgehead atoms. The Morgan fingerprint density at radius 1 is 1.21 bits per heavy atom. The summed E-state index contributed by atoms with van der Waals surface area (Å²) in [5.41, 5.74) is -4.12. The van der Waals surface area contributed by atoms with E-state index in [2.05, 4.69) is 10.4 Å². The molecule has 0 saturated carbocycles. The first-order chi connectivity index (χ1) is 11.4. The van der Waals surface area contributed by atoms with Crippen LogP contribution in [0.2, 0.25) is 0 Å². The van der Waals surface area contributed by atoms with Gasteiger partial charge in [0.1, 0.15) is 12.1 Å². The minimum atomic E-state index is -2.51. The zero-order chi connectivity index (χ0) is 17.9. The highest BCUT2D eigenvalue weighted by molar-refractivity contribution is 5.90. The van der Waals surface area contributed by atoms with Crippen LogP contribution in [0.15, 0.2) is 39.9 Å². The summed E-state index contributed by atoms with van der Waals surface area (Å²) in [7, 11) is 0. The first-order valence-corrected chi connectivity index (χ1v) is 7.01. The van der Waals surface area contributed by atoms with E-state index in [1.165, 1.54) is 24.3 Å². The van der Waals surface area contributed by atoms with E-state index in [0.29, 0.717) is 4.68 Å². The lowest BCUT2D eigenvalue weighted by molar-refractivity contribution is -0.126. The van der Waals surface area contributed by atoms with E-state index in [1.807, 2.05) is 0 Å². The summed E-state index contributed by atoms with van der Waals surface area (Å²) in [6, 6.07) is 10.6. The molecule has 122 valence electrons. The molecule has 0 radical (unpaired) electrons. The fourth-order valence-corrected chi connectivity index (χ4v) is 2.11. The molecule has 1 aromatic carbocycles. The van der Waals surface area contributed by atoms with Crippen molar-refractivity contribution in [1.82, 2.24) is 19.7 Å². The fraction of sp³-hybridized carbons (Fsp3) is 0.267. The molecule has 2 rings (SSSR count). The van der Waals surface area contributed by atoms with E-state index in [9.17, 15) is 24.9 Å². The summed E-state index contributed by atoms with van der Waals surface area (Å²) < 4.78 is 1.19. The van der Waals surface area contributed by atoms with Gasteiger partial charge in [0.25, 0.3) is 5.91 Å². The van der Waals surface area contributed by atoms with Gasteiger partial charge in [-0.25, -0.2) is 19.3 Å². The van der Waals surface area contributed by atoms with Gasteiger partial charge in [0.2, 0.25) is 0 Å². The summed E-state index contributed by atoms with van der Waals surface area (Å²) in [5, 5.41) is 23.3. The molecule has 0 aliphatic rings. The molecule has 9 heteroatoms. The van der Waals surface area contributed by atoms with Gasteiger partial charge in [0.05, 0.1) is 5.69 Å². The summed E-state index contributed by atoms with van der Waals surface area (Å²) >= 11 is 0. The van der Waals surface area contributed by atoms with Gasteiger partial charge in [-0.2, -0.15) is 15.2 Å².